The molecule has 1 aromatic rings. The molecule has 1 saturated carbocycles. The first-order valence-electron chi connectivity index (χ1n) is 6.00. The van der Waals surface area contributed by atoms with Crippen molar-refractivity contribution in [3.05, 3.63) is 27.4 Å². The van der Waals surface area contributed by atoms with Crippen molar-refractivity contribution in [2.45, 2.75) is 38.0 Å². The lowest BCUT2D eigenvalue weighted by molar-refractivity contribution is -0.142. The van der Waals surface area contributed by atoms with Crippen molar-refractivity contribution in [1.82, 2.24) is 9.97 Å². The topological polar surface area (TPSA) is 83.0 Å². The van der Waals surface area contributed by atoms with Gasteiger partial charge < -0.3 is 10.1 Å². The molecule has 3 rings (SSSR count). The standard InChI is InChI=1S/C12H14N2O3/c15-11-8-5-7(12(16)17)3-4-9(8)13-10(14-11)6-1-2-6/h6-7H,1-5H2,(H,16,17)(H,13,14,15). The second kappa shape index (κ2) is 3.68. The maximum atomic E-state index is 11.9. The molecule has 1 aromatic heterocycles. The Kier molecular flexibility index (Phi) is 2.28. The number of fused-ring (bicyclic) bond motifs is 1. The van der Waals surface area contributed by atoms with Gasteiger partial charge in [-0.25, -0.2) is 4.98 Å². The van der Waals surface area contributed by atoms with Gasteiger partial charge in [-0.15, -0.1) is 0 Å². The molecule has 0 bridgehead atoms. The van der Waals surface area contributed by atoms with Crippen LogP contribution < -0.4 is 5.56 Å². The number of hydrogen-bond donors (Lipinski definition) is 2. The zero-order valence-corrected chi connectivity index (χ0v) is 9.40. The molecule has 1 unspecified atom stereocenters. The zero-order valence-electron chi connectivity index (χ0n) is 9.40. The first-order valence-corrected chi connectivity index (χ1v) is 6.00. The lowest BCUT2D eigenvalue weighted by Crippen LogP contribution is -2.30. The van der Waals surface area contributed by atoms with Crippen LogP contribution in [0.2, 0.25) is 0 Å². The van der Waals surface area contributed by atoms with E-state index in [1.165, 1.54) is 0 Å². The van der Waals surface area contributed by atoms with Gasteiger partial charge in [-0.2, -0.15) is 0 Å². The van der Waals surface area contributed by atoms with Crippen LogP contribution in [-0.2, 0) is 17.6 Å². The molecular formula is C12H14N2O3. The van der Waals surface area contributed by atoms with E-state index in [2.05, 4.69) is 9.97 Å². The van der Waals surface area contributed by atoms with E-state index < -0.39 is 11.9 Å². The molecule has 90 valence electrons. The van der Waals surface area contributed by atoms with E-state index in [0.717, 1.165) is 24.4 Å². The maximum Gasteiger partial charge on any atom is 0.306 e. The number of carbonyl (C=O) groups is 1. The van der Waals surface area contributed by atoms with Crippen molar-refractivity contribution in [2.75, 3.05) is 0 Å². The molecule has 1 heterocycles. The van der Waals surface area contributed by atoms with E-state index in [-0.39, 0.29) is 5.56 Å². The first-order chi connectivity index (χ1) is 8.15. The first kappa shape index (κ1) is 10.5. The van der Waals surface area contributed by atoms with Crippen LogP contribution in [0.3, 0.4) is 0 Å². The van der Waals surface area contributed by atoms with Gasteiger partial charge in [-0.05, 0) is 32.1 Å². The van der Waals surface area contributed by atoms with Gasteiger partial charge in [0.05, 0.1) is 11.6 Å². The average Bonchev–Trinajstić information content (AvgIpc) is 3.12. The highest BCUT2D eigenvalue weighted by atomic mass is 16.4. The van der Waals surface area contributed by atoms with Gasteiger partial charge in [0.15, 0.2) is 0 Å². The Balaban J connectivity index is 1.98. The third kappa shape index (κ3) is 1.85. The average molecular weight is 234 g/mol. The number of aryl methyl sites for hydroxylation is 1. The van der Waals surface area contributed by atoms with E-state index in [0.29, 0.717) is 30.7 Å². The molecule has 0 spiro atoms. The molecular weight excluding hydrogens is 220 g/mol. The molecule has 17 heavy (non-hydrogen) atoms. The molecule has 1 fully saturated rings. The van der Waals surface area contributed by atoms with E-state index in [9.17, 15) is 9.59 Å². The van der Waals surface area contributed by atoms with Crippen LogP contribution >= 0.6 is 0 Å². The van der Waals surface area contributed by atoms with Crippen LogP contribution in [0.4, 0.5) is 0 Å². The Bertz CT molecular complexity index is 531. The molecule has 0 aromatic carbocycles. The summed E-state index contributed by atoms with van der Waals surface area (Å²) in [6, 6.07) is 0. The minimum Gasteiger partial charge on any atom is -0.481 e. The molecule has 1 atom stereocenters. The number of aromatic nitrogens is 2. The summed E-state index contributed by atoms with van der Waals surface area (Å²) in [6.07, 6.45) is 3.70. The highest BCUT2D eigenvalue weighted by Gasteiger charge is 2.31. The second-order valence-electron chi connectivity index (χ2n) is 4.93. The van der Waals surface area contributed by atoms with Crippen LogP contribution in [-0.4, -0.2) is 21.0 Å². The summed E-state index contributed by atoms with van der Waals surface area (Å²) >= 11 is 0. The number of aliphatic carboxylic acids is 1. The van der Waals surface area contributed by atoms with Crippen molar-refractivity contribution < 1.29 is 9.90 Å². The number of carboxylic acids is 1. The van der Waals surface area contributed by atoms with Crippen molar-refractivity contribution in [3.63, 3.8) is 0 Å². The predicted octanol–water partition coefficient (Wildman–Crippen LogP) is 0.837. The van der Waals surface area contributed by atoms with Crippen molar-refractivity contribution >= 4 is 5.97 Å². The minimum absolute atomic E-state index is 0.136. The third-order valence-electron chi connectivity index (χ3n) is 3.61. The van der Waals surface area contributed by atoms with Crippen molar-refractivity contribution in [1.29, 1.82) is 0 Å². The summed E-state index contributed by atoms with van der Waals surface area (Å²) < 4.78 is 0. The van der Waals surface area contributed by atoms with Crippen LogP contribution in [0.1, 0.15) is 42.3 Å². The summed E-state index contributed by atoms with van der Waals surface area (Å²) in [5, 5.41) is 8.97. The molecule has 2 N–H and O–H groups in total. The summed E-state index contributed by atoms with van der Waals surface area (Å²) in [5.74, 6) is -0.0359. The normalized spacial score (nSPS) is 23.2. The monoisotopic (exact) mass is 234 g/mol. The third-order valence-corrected chi connectivity index (χ3v) is 3.61. The SMILES string of the molecule is O=C(O)C1CCc2nc(C3CC3)[nH]c(=O)c2C1. The number of H-pyrrole nitrogens is 1. The van der Waals surface area contributed by atoms with E-state index in [1.807, 2.05) is 0 Å². The van der Waals surface area contributed by atoms with Crippen LogP contribution in [0.5, 0.6) is 0 Å². The summed E-state index contributed by atoms with van der Waals surface area (Å²) in [5.41, 5.74) is 1.25. The lowest BCUT2D eigenvalue weighted by Gasteiger charge is -2.20. The van der Waals surface area contributed by atoms with Gasteiger partial charge in [0.25, 0.3) is 5.56 Å². The summed E-state index contributed by atoms with van der Waals surface area (Å²) in [7, 11) is 0. The second-order valence-corrected chi connectivity index (χ2v) is 4.93. The molecule has 0 saturated heterocycles. The fraction of sp³-hybridized carbons (Fsp3) is 0.583. The largest absolute Gasteiger partial charge is 0.481 e. The number of hydrogen-bond acceptors (Lipinski definition) is 3. The van der Waals surface area contributed by atoms with E-state index in [1.54, 1.807) is 0 Å². The highest BCUT2D eigenvalue weighted by Crippen LogP contribution is 2.38. The molecule has 5 heteroatoms. The number of rotatable bonds is 2. The van der Waals surface area contributed by atoms with Gasteiger partial charge >= 0.3 is 5.97 Å². The van der Waals surface area contributed by atoms with Gasteiger partial charge in [-0.3, -0.25) is 9.59 Å². The van der Waals surface area contributed by atoms with Gasteiger partial charge in [0, 0.05) is 11.5 Å². The summed E-state index contributed by atoms with van der Waals surface area (Å²) in [4.78, 5) is 30.1. The van der Waals surface area contributed by atoms with Gasteiger partial charge in [-0.1, -0.05) is 0 Å². The number of carboxylic acid groups (broad SMARTS) is 1. The lowest BCUT2D eigenvalue weighted by atomic mass is 9.87. The number of nitrogens with zero attached hydrogens (tertiary/aromatic N) is 1. The fourth-order valence-corrected chi connectivity index (χ4v) is 2.40. The van der Waals surface area contributed by atoms with E-state index >= 15 is 0 Å². The van der Waals surface area contributed by atoms with Gasteiger partial charge in [0.2, 0.25) is 0 Å². The Morgan fingerprint density at radius 1 is 1.35 bits per heavy atom. The van der Waals surface area contributed by atoms with Crippen molar-refractivity contribution in [2.24, 2.45) is 5.92 Å². The Morgan fingerprint density at radius 3 is 2.76 bits per heavy atom. The van der Waals surface area contributed by atoms with Crippen LogP contribution in [0.25, 0.3) is 0 Å². The number of aromatic amines is 1. The van der Waals surface area contributed by atoms with Crippen LogP contribution in [0.15, 0.2) is 4.79 Å². The molecule has 2 aliphatic carbocycles. The van der Waals surface area contributed by atoms with Gasteiger partial charge in [0.1, 0.15) is 5.82 Å². The maximum absolute atomic E-state index is 11.9. The highest BCUT2D eigenvalue weighted by molar-refractivity contribution is 5.70. The molecule has 0 amide bonds. The van der Waals surface area contributed by atoms with Crippen molar-refractivity contribution in [3.8, 4) is 0 Å². The smallest absolute Gasteiger partial charge is 0.306 e. The quantitative estimate of drug-likeness (QED) is 0.794. The van der Waals surface area contributed by atoms with Crippen LogP contribution in [0, 0.1) is 5.92 Å². The predicted molar refractivity (Wildman–Crippen MR) is 60.0 cm³/mol. The molecule has 5 nitrogen and oxygen atoms in total. The Hall–Kier alpha value is -1.65. The number of nitrogens with one attached hydrogen (secondary N) is 1. The molecule has 0 aliphatic heterocycles. The Labute approximate surface area is 97.9 Å². The molecule has 2 aliphatic rings. The zero-order chi connectivity index (χ0) is 12.0. The molecule has 0 radical (unpaired) electrons. The minimum atomic E-state index is -0.818. The van der Waals surface area contributed by atoms with E-state index in [4.69, 9.17) is 5.11 Å². The summed E-state index contributed by atoms with van der Waals surface area (Å²) in [6.45, 7) is 0. The Morgan fingerprint density at radius 2 is 2.12 bits per heavy atom. The fourth-order valence-electron chi connectivity index (χ4n) is 2.40.